The zero-order valence-electron chi connectivity index (χ0n) is 22.4. The van der Waals surface area contributed by atoms with Gasteiger partial charge in [0, 0.05) is 24.0 Å². The molecule has 41 heavy (non-hydrogen) atoms. The summed E-state index contributed by atoms with van der Waals surface area (Å²) >= 11 is 6.09. The first-order chi connectivity index (χ1) is 19.2. The number of aromatic nitrogens is 2. The molecule has 0 spiro atoms. The maximum atomic E-state index is 15.9. The first-order valence-corrected chi connectivity index (χ1v) is 14.4. The number of esters is 1. The number of aromatic amines is 1. The van der Waals surface area contributed by atoms with E-state index in [0.717, 1.165) is 12.3 Å². The van der Waals surface area contributed by atoms with Crippen molar-refractivity contribution in [1.82, 2.24) is 14.6 Å². The average Bonchev–Trinajstić information content (AvgIpc) is 3.36. The molecule has 2 aliphatic rings. The lowest BCUT2D eigenvalue weighted by Gasteiger charge is -2.30. The van der Waals surface area contributed by atoms with Gasteiger partial charge in [0.05, 0.1) is 11.8 Å². The Morgan fingerprint density at radius 2 is 2.07 bits per heavy atom. The van der Waals surface area contributed by atoms with Gasteiger partial charge in [0.15, 0.2) is 11.8 Å². The van der Waals surface area contributed by atoms with E-state index in [1.54, 1.807) is 32.9 Å². The van der Waals surface area contributed by atoms with Crippen molar-refractivity contribution in [2.45, 2.75) is 69.0 Å². The highest BCUT2D eigenvalue weighted by Gasteiger charge is 2.87. The van der Waals surface area contributed by atoms with Crippen LogP contribution in [0.3, 0.4) is 0 Å². The minimum Gasteiger partial charge on any atom is -0.462 e. The molecule has 2 fully saturated rings. The molecule has 2 aromatic rings. The van der Waals surface area contributed by atoms with Crippen LogP contribution >= 0.6 is 19.3 Å². The van der Waals surface area contributed by atoms with Crippen LogP contribution in [0.1, 0.15) is 39.5 Å². The minimum atomic E-state index is -4.66. The van der Waals surface area contributed by atoms with Gasteiger partial charge in [0.1, 0.15) is 24.0 Å². The van der Waals surface area contributed by atoms with Crippen molar-refractivity contribution in [1.29, 1.82) is 0 Å². The quantitative estimate of drug-likeness (QED) is 0.148. The van der Waals surface area contributed by atoms with E-state index < -0.39 is 66.3 Å². The minimum absolute atomic E-state index is 0.0165. The van der Waals surface area contributed by atoms with Crippen molar-refractivity contribution < 1.29 is 37.4 Å². The van der Waals surface area contributed by atoms with Crippen molar-refractivity contribution in [3.63, 3.8) is 0 Å². The number of fused-ring (bicyclic) bond motifs is 1. The van der Waals surface area contributed by atoms with Crippen LogP contribution < -0.4 is 20.9 Å². The molecule has 1 aromatic heterocycles. The monoisotopic (exact) mass is 614 g/mol. The first kappa shape index (κ1) is 30.8. The maximum Gasteiger partial charge on any atom is 0.459 e. The Hall–Kier alpha value is -3.13. The number of carbonyl (C=O) groups is 1. The number of aliphatic hydroxyl groups is 1. The molecule has 4 rings (SSSR count). The number of carbonyl (C=O) groups excluding carboxylic acids is 1. The molecule has 2 unspecified atom stereocenters. The van der Waals surface area contributed by atoms with Crippen LogP contribution in [0.15, 0.2) is 51.6 Å². The highest BCUT2D eigenvalue weighted by molar-refractivity contribution is 7.52. The maximum absolute atomic E-state index is 15.9. The predicted molar refractivity (Wildman–Crippen MR) is 147 cm³/mol. The highest BCUT2D eigenvalue weighted by Crippen LogP contribution is 2.67. The van der Waals surface area contributed by atoms with Gasteiger partial charge in [-0.1, -0.05) is 30.3 Å². The van der Waals surface area contributed by atoms with Gasteiger partial charge < -0.3 is 19.1 Å². The lowest BCUT2D eigenvalue weighted by molar-refractivity contribution is -0.149. The second-order valence-electron chi connectivity index (χ2n) is 9.61. The van der Waals surface area contributed by atoms with Crippen molar-refractivity contribution in [3.05, 3.63) is 63.4 Å². The normalized spacial score (nSPS) is 29.1. The number of alkyl halides is 2. The van der Waals surface area contributed by atoms with E-state index in [0.29, 0.717) is 15.8 Å². The molecule has 1 aliphatic heterocycles. The molecule has 222 valence electrons. The Bertz CT molecular complexity index is 1540. The van der Waals surface area contributed by atoms with Gasteiger partial charge in [-0.3, -0.25) is 28.7 Å². The molecular formula is C25H29ClFN4O9P. The number of aliphatic imine (C=N–C) groups is 1. The van der Waals surface area contributed by atoms with Crippen molar-refractivity contribution >= 4 is 43.3 Å². The molecule has 1 aromatic carbocycles. The third-order valence-electron chi connectivity index (χ3n) is 6.30. The van der Waals surface area contributed by atoms with Crippen LogP contribution in [0.4, 0.5) is 10.1 Å². The second kappa shape index (κ2) is 11.3. The van der Waals surface area contributed by atoms with E-state index in [4.69, 9.17) is 30.1 Å². The van der Waals surface area contributed by atoms with Crippen LogP contribution in [0, 0.1) is 0 Å². The molecule has 0 radical (unpaired) electrons. The summed E-state index contributed by atoms with van der Waals surface area (Å²) in [5.74, 6) is -0.807. The molecule has 1 aliphatic carbocycles. The average molecular weight is 615 g/mol. The number of H-pyrrole nitrogens is 1. The van der Waals surface area contributed by atoms with E-state index in [1.807, 2.05) is 4.98 Å². The van der Waals surface area contributed by atoms with Gasteiger partial charge in [-0.15, -0.1) is 0 Å². The fourth-order valence-electron chi connectivity index (χ4n) is 4.33. The number of rotatable bonds is 11. The summed E-state index contributed by atoms with van der Waals surface area (Å²) < 4.78 is 52.7. The van der Waals surface area contributed by atoms with Crippen molar-refractivity contribution in [2.24, 2.45) is 4.99 Å². The molecule has 0 amide bonds. The Kier molecular flexibility index (Phi) is 8.47. The topological polar surface area (TPSA) is 171 Å². The number of halogens is 2. The zero-order valence-corrected chi connectivity index (χ0v) is 24.1. The third-order valence-corrected chi connectivity index (χ3v) is 8.43. The summed E-state index contributed by atoms with van der Waals surface area (Å²) in [7, 11) is -4.66. The Labute approximate surface area is 238 Å². The summed E-state index contributed by atoms with van der Waals surface area (Å²) in [5.41, 5.74) is -3.63. The van der Waals surface area contributed by atoms with Crippen molar-refractivity contribution in [3.8, 4) is 5.75 Å². The Balaban J connectivity index is 1.66. The number of nitrogens with one attached hydrogen (secondary N) is 2. The molecule has 1 saturated carbocycles. The number of nitrogens with zero attached hydrogens (tertiary/aromatic N) is 2. The van der Waals surface area contributed by atoms with Gasteiger partial charge in [0.2, 0.25) is 0 Å². The van der Waals surface area contributed by atoms with E-state index in [-0.39, 0.29) is 5.75 Å². The van der Waals surface area contributed by atoms with Crippen LogP contribution in [0.25, 0.3) is 6.08 Å². The van der Waals surface area contributed by atoms with Gasteiger partial charge >= 0.3 is 19.4 Å². The van der Waals surface area contributed by atoms with Gasteiger partial charge in [0.25, 0.3) is 10.7 Å². The van der Waals surface area contributed by atoms with E-state index in [2.05, 4.69) is 16.7 Å². The van der Waals surface area contributed by atoms with E-state index >= 15 is 4.39 Å². The van der Waals surface area contributed by atoms with Gasteiger partial charge in [-0.2, -0.15) is 5.09 Å². The number of ether oxygens (including phenoxy) is 2. The highest BCUT2D eigenvalue weighted by atomic mass is 35.5. The first-order valence-electron chi connectivity index (χ1n) is 12.5. The summed E-state index contributed by atoms with van der Waals surface area (Å²) in [6, 6.07) is 4.35. The summed E-state index contributed by atoms with van der Waals surface area (Å²) in [6.45, 7) is 10.0. The molecule has 7 atom stereocenters. The Morgan fingerprint density at radius 3 is 2.63 bits per heavy atom. The molecule has 16 heteroatoms. The summed E-state index contributed by atoms with van der Waals surface area (Å²) in [5, 5.41) is 10.4. The van der Waals surface area contributed by atoms with Crippen LogP contribution in [-0.4, -0.2) is 61.9 Å². The summed E-state index contributed by atoms with van der Waals surface area (Å²) in [6.07, 6.45) is -1.67. The smallest absolute Gasteiger partial charge is 0.459 e. The second-order valence-corrected chi connectivity index (χ2v) is 11.8. The fourth-order valence-corrected chi connectivity index (χ4v) is 6.43. The standard InChI is InChI=1S/C25H29ClFN4O9P/c1-6-15-16(28-7-2)9-8-10-17(15)39-41(36,30-14(5)21(33)37-13(3)4)40-20-19-24(20,35)25(26,27)22(38-19)31-12-11-18(32)29-23(31)34/h6-14,19-20,22,35H,1H2,2-5H3,(H,30,36)(H,29,32,34)/t14-,19+,20?,22+,24-,25-,41?/m0/s1. The molecule has 2 heterocycles. The van der Waals surface area contributed by atoms with Gasteiger partial charge in [-0.25, -0.2) is 13.8 Å². The summed E-state index contributed by atoms with van der Waals surface area (Å²) in [4.78, 5) is 42.3. The van der Waals surface area contributed by atoms with Crippen molar-refractivity contribution in [2.75, 3.05) is 0 Å². The van der Waals surface area contributed by atoms with Crippen LogP contribution in [0.5, 0.6) is 5.75 Å². The molecule has 0 bridgehead atoms. The molecule has 1 saturated heterocycles. The molecule has 13 nitrogen and oxygen atoms in total. The van der Waals surface area contributed by atoms with E-state index in [9.17, 15) is 24.1 Å². The van der Waals surface area contributed by atoms with Gasteiger partial charge in [-0.05, 0) is 39.8 Å². The lowest BCUT2D eigenvalue weighted by Crippen LogP contribution is -2.47. The largest absolute Gasteiger partial charge is 0.462 e. The molecule has 3 N–H and O–H groups in total. The zero-order chi connectivity index (χ0) is 30.3. The number of hydrogen-bond acceptors (Lipinski definition) is 10. The third kappa shape index (κ3) is 5.68. The van der Waals surface area contributed by atoms with E-state index in [1.165, 1.54) is 25.3 Å². The van der Waals surface area contributed by atoms with Crippen LogP contribution in [-0.2, 0) is 23.4 Å². The molecular weight excluding hydrogens is 586 g/mol. The SMILES string of the molecule is C=Cc1c(N=CC)cccc1OP(=O)(N[C@@H](C)C(=O)OC(C)C)OC1[C@H]2O[C@@H](n3ccc(=O)[nH]c3=O)[C@@](F)(Cl)[C@@]12O. The Morgan fingerprint density at radius 1 is 1.37 bits per heavy atom. The lowest BCUT2D eigenvalue weighted by atomic mass is 10.1. The number of benzene rings is 1. The fraction of sp³-hybridized carbons (Fsp3) is 0.440. The van der Waals surface area contributed by atoms with Crippen LogP contribution in [0.2, 0.25) is 0 Å². The number of hydrogen-bond donors (Lipinski definition) is 3. The predicted octanol–water partition coefficient (Wildman–Crippen LogP) is 2.95.